The molecule has 0 saturated carbocycles. The molecule has 1 fully saturated rings. The maximum absolute atomic E-state index is 13.6. The average Bonchev–Trinajstić information content (AvgIpc) is 3.07. The lowest BCUT2D eigenvalue weighted by molar-refractivity contribution is -0.119. The molecule has 2 heterocycles. The lowest BCUT2D eigenvalue weighted by Gasteiger charge is -2.02. The largest absolute Gasteiger partial charge is 0.494 e. The molecule has 0 radical (unpaired) electrons. The molecule has 1 aromatic heterocycles. The van der Waals surface area contributed by atoms with E-state index in [9.17, 15) is 9.18 Å². The van der Waals surface area contributed by atoms with Gasteiger partial charge in [-0.3, -0.25) is 4.79 Å². The van der Waals surface area contributed by atoms with E-state index in [1.54, 1.807) is 6.07 Å². The number of carbonyl (C=O) groups is 1. The molecule has 0 bridgehead atoms. The van der Waals surface area contributed by atoms with Crippen LogP contribution in [-0.2, 0) is 4.79 Å². The topological polar surface area (TPSA) is 77.3 Å². The van der Waals surface area contributed by atoms with Gasteiger partial charge in [0.15, 0.2) is 11.6 Å². The Morgan fingerprint density at radius 1 is 1.50 bits per heavy atom. The summed E-state index contributed by atoms with van der Waals surface area (Å²) in [4.78, 5) is 15.4. The lowest BCUT2D eigenvalue weighted by atomic mass is 10.1. The van der Waals surface area contributed by atoms with Crippen molar-refractivity contribution in [2.24, 2.45) is 0 Å². The van der Waals surface area contributed by atoms with Crippen LogP contribution in [0.4, 0.5) is 4.39 Å². The summed E-state index contributed by atoms with van der Waals surface area (Å²) < 4.78 is 23.6. The third kappa shape index (κ3) is 2.22. The van der Waals surface area contributed by atoms with Crippen LogP contribution in [0, 0.1) is 5.82 Å². The molecule has 1 aliphatic heterocycles. The molecule has 20 heavy (non-hydrogen) atoms. The van der Waals surface area contributed by atoms with Gasteiger partial charge in [0.05, 0.1) is 13.0 Å². The summed E-state index contributed by atoms with van der Waals surface area (Å²) in [5.74, 6) is 0.185. The number of amides is 1. The van der Waals surface area contributed by atoms with Crippen LogP contribution >= 0.6 is 0 Å². The van der Waals surface area contributed by atoms with E-state index in [0.29, 0.717) is 30.2 Å². The van der Waals surface area contributed by atoms with E-state index in [0.717, 1.165) is 0 Å². The normalized spacial score (nSPS) is 18.1. The molecule has 1 aliphatic rings. The summed E-state index contributed by atoms with van der Waals surface area (Å²) in [5, 5.41) is 6.52. The number of hydrogen-bond acceptors (Lipinski definition) is 5. The highest BCUT2D eigenvalue weighted by molar-refractivity contribution is 5.79. The Morgan fingerprint density at radius 3 is 3.00 bits per heavy atom. The summed E-state index contributed by atoms with van der Waals surface area (Å²) in [6.45, 7) is 0.484. The quantitative estimate of drug-likeness (QED) is 0.919. The molecule has 6 nitrogen and oxygen atoms in total. The van der Waals surface area contributed by atoms with E-state index in [2.05, 4.69) is 15.5 Å². The van der Waals surface area contributed by atoms with Gasteiger partial charge >= 0.3 is 0 Å². The maximum Gasteiger partial charge on any atom is 0.232 e. The van der Waals surface area contributed by atoms with Crippen molar-refractivity contribution in [1.29, 1.82) is 0 Å². The molecule has 0 aliphatic carbocycles. The molecule has 104 valence electrons. The minimum absolute atomic E-state index is 0.0368. The van der Waals surface area contributed by atoms with Gasteiger partial charge in [-0.15, -0.1) is 0 Å². The monoisotopic (exact) mass is 277 g/mol. The second-order valence-corrected chi connectivity index (χ2v) is 4.51. The number of hydrogen-bond donors (Lipinski definition) is 1. The number of nitrogens with zero attached hydrogens (tertiary/aromatic N) is 2. The summed E-state index contributed by atoms with van der Waals surface area (Å²) in [5.41, 5.74) is 0.496. The Morgan fingerprint density at radius 2 is 2.35 bits per heavy atom. The van der Waals surface area contributed by atoms with Crippen LogP contribution in [0.3, 0.4) is 0 Å². The van der Waals surface area contributed by atoms with Gasteiger partial charge in [-0.05, 0) is 18.2 Å². The first-order valence-corrected chi connectivity index (χ1v) is 6.11. The Balaban J connectivity index is 1.86. The van der Waals surface area contributed by atoms with Crippen molar-refractivity contribution in [1.82, 2.24) is 15.5 Å². The molecule has 1 N–H and O–H groups in total. The molecule has 2 aromatic rings. The van der Waals surface area contributed by atoms with Crippen molar-refractivity contribution in [3.05, 3.63) is 29.9 Å². The SMILES string of the molecule is COc1ccc(-c2noc(C3CNC(=O)C3)n2)cc1F. The van der Waals surface area contributed by atoms with Gasteiger partial charge in [-0.25, -0.2) is 4.39 Å². The molecule has 1 saturated heterocycles. The first-order chi connectivity index (χ1) is 9.67. The molecule has 3 rings (SSSR count). The Bertz CT molecular complexity index is 656. The molecule has 0 spiro atoms. The Hall–Kier alpha value is -2.44. The van der Waals surface area contributed by atoms with Crippen LogP contribution in [0.25, 0.3) is 11.4 Å². The highest BCUT2D eigenvalue weighted by Gasteiger charge is 2.28. The number of methoxy groups -OCH3 is 1. The van der Waals surface area contributed by atoms with Gasteiger partial charge in [-0.2, -0.15) is 4.98 Å². The number of halogens is 1. The zero-order valence-electron chi connectivity index (χ0n) is 10.7. The highest BCUT2D eigenvalue weighted by Crippen LogP contribution is 2.26. The van der Waals surface area contributed by atoms with Crippen LogP contribution in [0.15, 0.2) is 22.7 Å². The van der Waals surface area contributed by atoms with Crippen molar-refractivity contribution in [2.45, 2.75) is 12.3 Å². The fraction of sp³-hybridized carbons (Fsp3) is 0.308. The van der Waals surface area contributed by atoms with E-state index < -0.39 is 5.82 Å². The first kappa shape index (κ1) is 12.6. The van der Waals surface area contributed by atoms with Gasteiger partial charge in [-0.1, -0.05) is 5.16 Å². The predicted octanol–water partition coefficient (Wildman–Crippen LogP) is 1.49. The van der Waals surface area contributed by atoms with Gasteiger partial charge in [0.2, 0.25) is 17.6 Å². The highest BCUT2D eigenvalue weighted by atomic mass is 19.1. The summed E-state index contributed by atoms with van der Waals surface area (Å²) in [6, 6.07) is 4.43. The average molecular weight is 277 g/mol. The molecule has 1 unspecified atom stereocenters. The molecular weight excluding hydrogens is 265 g/mol. The lowest BCUT2D eigenvalue weighted by Crippen LogP contribution is -2.13. The molecular formula is C13H12FN3O3. The number of ether oxygens (including phenoxy) is 1. The number of rotatable bonds is 3. The van der Waals surface area contributed by atoms with E-state index in [1.165, 1.54) is 19.2 Å². The van der Waals surface area contributed by atoms with Crippen LogP contribution in [-0.4, -0.2) is 29.7 Å². The summed E-state index contributed by atoms with van der Waals surface area (Å²) >= 11 is 0. The fourth-order valence-electron chi connectivity index (χ4n) is 2.10. The van der Waals surface area contributed by atoms with E-state index in [1.807, 2.05) is 0 Å². The van der Waals surface area contributed by atoms with Crippen molar-refractivity contribution in [2.75, 3.05) is 13.7 Å². The maximum atomic E-state index is 13.6. The van der Waals surface area contributed by atoms with Crippen LogP contribution in [0.5, 0.6) is 5.75 Å². The second kappa shape index (κ2) is 4.92. The Kier molecular flexibility index (Phi) is 3.09. The molecule has 1 amide bonds. The Labute approximate surface area is 113 Å². The van der Waals surface area contributed by atoms with Crippen LogP contribution in [0.2, 0.25) is 0 Å². The minimum atomic E-state index is -0.492. The molecule has 7 heteroatoms. The number of carbonyl (C=O) groups excluding carboxylic acids is 1. The number of benzene rings is 1. The standard InChI is InChI=1S/C13H12FN3O3/c1-19-10-3-2-7(4-9(10)14)12-16-13(20-17-12)8-5-11(18)15-6-8/h2-4,8H,5-6H2,1H3,(H,15,18). The van der Waals surface area contributed by atoms with Crippen molar-refractivity contribution in [3.63, 3.8) is 0 Å². The van der Waals surface area contributed by atoms with Gasteiger partial charge in [0.25, 0.3) is 0 Å². The minimum Gasteiger partial charge on any atom is -0.494 e. The summed E-state index contributed by atoms with van der Waals surface area (Å²) in [7, 11) is 1.40. The zero-order valence-corrected chi connectivity index (χ0v) is 10.7. The first-order valence-electron chi connectivity index (χ1n) is 6.11. The van der Waals surface area contributed by atoms with Crippen LogP contribution in [0.1, 0.15) is 18.2 Å². The van der Waals surface area contributed by atoms with Crippen molar-refractivity contribution in [3.8, 4) is 17.1 Å². The van der Waals surface area contributed by atoms with E-state index in [-0.39, 0.29) is 17.6 Å². The van der Waals surface area contributed by atoms with Crippen molar-refractivity contribution < 1.29 is 18.4 Å². The third-order valence-corrected chi connectivity index (χ3v) is 3.18. The van der Waals surface area contributed by atoms with E-state index >= 15 is 0 Å². The van der Waals surface area contributed by atoms with Gasteiger partial charge < -0.3 is 14.6 Å². The van der Waals surface area contributed by atoms with Gasteiger partial charge in [0, 0.05) is 18.5 Å². The van der Waals surface area contributed by atoms with Gasteiger partial charge in [0.1, 0.15) is 0 Å². The van der Waals surface area contributed by atoms with Crippen molar-refractivity contribution >= 4 is 5.91 Å². The number of aromatic nitrogens is 2. The smallest absolute Gasteiger partial charge is 0.232 e. The third-order valence-electron chi connectivity index (χ3n) is 3.18. The zero-order chi connectivity index (χ0) is 14.1. The number of nitrogens with one attached hydrogen (secondary N) is 1. The summed E-state index contributed by atoms with van der Waals surface area (Å²) in [6.07, 6.45) is 0.332. The fourth-order valence-corrected chi connectivity index (χ4v) is 2.10. The second-order valence-electron chi connectivity index (χ2n) is 4.51. The molecule has 1 atom stereocenters. The van der Waals surface area contributed by atoms with E-state index in [4.69, 9.17) is 9.26 Å². The predicted molar refractivity (Wildman–Crippen MR) is 66.6 cm³/mol. The van der Waals surface area contributed by atoms with Crippen LogP contribution < -0.4 is 10.1 Å². The molecule has 1 aromatic carbocycles.